The Morgan fingerprint density at radius 1 is 1.40 bits per heavy atom. The molecule has 1 aliphatic rings. The first-order chi connectivity index (χ1) is 11.8. The number of anilines is 1. The minimum atomic E-state index is -0.864. The van der Waals surface area contributed by atoms with Gasteiger partial charge in [-0.25, -0.2) is 4.79 Å². The molecular formula is C16H22N4O5. The molecule has 0 saturated heterocycles. The van der Waals surface area contributed by atoms with E-state index in [-0.39, 0.29) is 24.3 Å². The van der Waals surface area contributed by atoms with Gasteiger partial charge in [0.25, 0.3) is 5.69 Å². The molecule has 136 valence electrons. The average molecular weight is 350 g/mol. The van der Waals surface area contributed by atoms with E-state index in [0.717, 1.165) is 5.56 Å². The molecule has 25 heavy (non-hydrogen) atoms. The van der Waals surface area contributed by atoms with E-state index in [4.69, 9.17) is 5.11 Å². The fourth-order valence-electron chi connectivity index (χ4n) is 2.88. The average Bonchev–Trinajstić information content (AvgIpc) is 2.50. The third kappa shape index (κ3) is 4.90. The van der Waals surface area contributed by atoms with Crippen LogP contribution in [0.5, 0.6) is 0 Å². The largest absolute Gasteiger partial charge is 0.480 e. The minimum absolute atomic E-state index is 0.00698. The van der Waals surface area contributed by atoms with Crippen molar-refractivity contribution in [2.24, 2.45) is 0 Å². The Hall–Kier alpha value is -2.68. The Morgan fingerprint density at radius 2 is 2.08 bits per heavy atom. The first-order valence-corrected chi connectivity index (χ1v) is 8.08. The molecule has 0 unspecified atom stereocenters. The third-order valence-corrected chi connectivity index (χ3v) is 4.39. The van der Waals surface area contributed by atoms with Crippen LogP contribution in [0.4, 0.5) is 16.2 Å². The smallest absolute Gasteiger partial charge is 0.319 e. The first kappa shape index (κ1) is 18.7. The summed E-state index contributed by atoms with van der Waals surface area (Å²) >= 11 is 0. The van der Waals surface area contributed by atoms with Crippen LogP contribution in [-0.2, 0) is 4.79 Å². The van der Waals surface area contributed by atoms with Crippen molar-refractivity contribution in [3.05, 3.63) is 33.9 Å². The summed E-state index contributed by atoms with van der Waals surface area (Å²) < 4.78 is 0. The summed E-state index contributed by atoms with van der Waals surface area (Å²) in [5, 5.41) is 25.1. The van der Waals surface area contributed by atoms with Gasteiger partial charge in [-0.3, -0.25) is 19.8 Å². The van der Waals surface area contributed by atoms with Gasteiger partial charge in [-0.05, 0) is 31.9 Å². The highest BCUT2D eigenvalue weighted by Crippen LogP contribution is 2.26. The number of rotatable bonds is 7. The summed E-state index contributed by atoms with van der Waals surface area (Å²) in [6.45, 7) is 4.29. The summed E-state index contributed by atoms with van der Waals surface area (Å²) in [6, 6.07) is 3.98. The molecule has 0 aliphatic heterocycles. The lowest BCUT2D eigenvalue weighted by Gasteiger charge is -2.42. The molecule has 9 heteroatoms. The number of carboxylic acids is 1. The quantitative estimate of drug-likeness (QED) is 0.510. The number of nitro groups is 1. The topological polar surface area (TPSA) is 125 Å². The number of aryl methyl sites for hydroxylation is 1. The number of likely N-dealkylation sites (N-methyl/N-ethyl adjacent to an activating group) is 1. The van der Waals surface area contributed by atoms with Crippen LogP contribution in [0, 0.1) is 17.0 Å². The van der Waals surface area contributed by atoms with Crippen molar-refractivity contribution in [1.29, 1.82) is 0 Å². The summed E-state index contributed by atoms with van der Waals surface area (Å²) in [4.78, 5) is 35.1. The van der Waals surface area contributed by atoms with Crippen LogP contribution in [0.15, 0.2) is 18.2 Å². The lowest BCUT2D eigenvalue weighted by atomic mass is 9.85. The molecule has 1 aromatic rings. The summed E-state index contributed by atoms with van der Waals surface area (Å²) in [5.41, 5.74) is 1.03. The van der Waals surface area contributed by atoms with Crippen LogP contribution in [0.3, 0.4) is 0 Å². The molecule has 9 nitrogen and oxygen atoms in total. The van der Waals surface area contributed by atoms with Crippen LogP contribution in [0.1, 0.15) is 25.3 Å². The number of carboxylic acid groups (broad SMARTS) is 1. The number of benzene rings is 1. The molecule has 0 bridgehead atoms. The van der Waals surface area contributed by atoms with Crippen molar-refractivity contribution in [2.45, 2.75) is 38.8 Å². The van der Waals surface area contributed by atoms with Crippen molar-refractivity contribution in [3.63, 3.8) is 0 Å². The molecule has 1 aliphatic carbocycles. The lowest BCUT2D eigenvalue weighted by Crippen LogP contribution is -2.55. The molecule has 1 fully saturated rings. The first-order valence-electron chi connectivity index (χ1n) is 8.08. The SMILES string of the molecule is CCN(CC(=O)O)C1CC(NC(=O)Nc2cc([N+](=O)[O-])ccc2C)C1. The van der Waals surface area contributed by atoms with Crippen LogP contribution >= 0.6 is 0 Å². The number of carbonyl (C=O) groups excluding carboxylic acids is 1. The van der Waals surface area contributed by atoms with E-state index in [1.807, 2.05) is 11.8 Å². The number of hydrogen-bond acceptors (Lipinski definition) is 5. The van der Waals surface area contributed by atoms with E-state index in [1.165, 1.54) is 12.1 Å². The van der Waals surface area contributed by atoms with Gasteiger partial charge in [-0.1, -0.05) is 13.0 Å². The van der Waals surface area contributed by atoms with Gasteiger partial charge < -0.3 is 15.7 Å². The second-order valence-corrected chi connectivity index (χ2v) is 6.13. The summed E-state index contributed by atoms with van der Waals surface area (Å²) in [5.74, 6) is -0.864. The second-order valence-electron chi connectivity index (χ2n) is 6.13. The second kappa shape index (κ2) is 7.93. The Bertz CT molecular complexity index is 672. The Kier molecular flexibility index (Phi) is 5.92. The number of carbonyl (C=O) groups is 2. The van der Waals surface area contributed by atoms with E-state index in [1.54, 1.807) is 13.0 Å². The van der Waals surface area contributed by atoms with Gasteiger partial charge in [0.2, 0.25) is 0 Å². The number of non-ortho nitro benzene ring substituents is 1. The maximum absolute atomic E-state index is 12.1. The molecule has 2 rings (SSSR count). The molecule has 0 spiro atoms. The molecular weight excluding hydrogens is 328 g/mol. The fraction of sp³-hybridized carbons (Fsp3) is 0.500. The third-order valence-electron chi connectivity index (χ3n) is 4.39. The van der Waals surface area contributed by atoms with Crippen LogP contribution in [-0.4, -0.2) is 52.1 Å². The zero-order chi connectivity index (χ0) is 18.6. The van der Waals surface area contributed by atoms with Gasteiger partial charge in [0.1, 0.15) is 0 Å². The highest BCUT2D eigenvalue weighted by atomic mass is 16.6. The molecule has 0 radical (unpaired) electrons. The Labute approximate surface area is 145 Å². The molecule has 0 heterocycles. The number of nitrogens with one attached hydrogen (secondary N) is 2. The number of amides is 2. The maximum Gasteiger partial charge on any atom is 0.319 e. The van der Waals surface area contributed by atoms with Gasteiger partial charge in [0.15, 0.2) is 0 Å². The van der Waals surface area contributed by atoms with Crippen molar-refractivity contribution < 1.29 is 19.6 Å². The standard InChI is InChI=1S/C16H22N4O5/c1-3-19(9-15(21)22)13-6-11(7-13)17-16(23)18-14-8-12(20(24)25)5-4-10(14)2/h4-5,8,11,13H,3,6-7,9H2,1-2H3,(H,21,22)(H2,17,18,23). The predicted molar refractivity (Wildman–Crippen MR) is 91.7 cm³/mol. The van der Waals surface area contributed by atoms with Gasteiger partial charge >= 0.3 is 12.0 Å². The molecule has 3 N–H and O–H groups in total. The lowest BCUT2D eigenvalue weighted by molar-refractivity contribution is -0.384. The van der Waals surface area contributed by atoms with Crippen molar-refractivity contribution in [1.82, 2.24) is 10.2 Å². The number of nitro benzene ring substituents is 1. The number of urea groups is 1. The number of hydrogen-bond donors (Lipinski definition) is 3. The molecule has 0 atom stereocenters. The highest BCUT2D eigenvalue weighted by Gasteiger charge is 2.34. The van der Waals surface area contributed by atoms with E-state index in [0.29, 0.717) is 25.1 Å². The van der Waals surface area contributed by atoms with Crippen molar-refractivity contribution in [3.8, 4) is 0 Å². The zero-order valence-electron chi connectivity index (χ0n) is 14.2. The zero-order valence-corrected chi connectivity index (χ0v) is 14.2. The molecule has 0 aromatic heterocycles. The van der Waals surface area contributed by atoms with Crippen molar-refractivity contribution >= 4 is 23.4 Å². The Morgan fingerprint density at radius 3 is 2.64 bits per heavy atom. The van der Waals surface area contributed by atoms with E-state index >= 15 is 0 Å². The van der Waals surface area contributed by atoms with E-state index in [2.05, 4.69) is 10.6 Å². The van der Waals surface area contributed by atoms with Gasteiger partial charge in [0, 0.05) is 24.2 Å². The van der Waals surface area contributed by atoms with E-state index < -0.39 is 16.9 Å². The normalized spacial score (nSPS) is 19.2. The van der Waals surface area contributed by atoms with Gasteiger partial charge in [-0.15, -0.1) is 0 Å². The van der Waals surface area contributed by atoms with Crippen molar-refractivity contribution in [2.75, 3.05) is 18.4 Å². The molecule has 2 amide bonds. The maximum atomic E-state index is 12.1. The monoisotopic (exact) mass is 350 g/mol. The Balaban J connectivity index is 1.85. The van der Waals surface area contributed by atoms with Crippen LogP contribution < -0.4 is 10.6 Å². The fourth-order valence-corrected chi connectivity index (χ4v) is 2.88. The summed E-state index contributed by atoms with van der Waals surface area (Å²) in [6.07, 6.45) is 1.37. The highest BCUT2D eigenvalue weighted by molar-refractivity contribution is 5.90. The van der Waals surface area contributed by atoms with E-state index in [9.17, 15) is 19.7 Å². The number of nitrogens with zero attached hydrogens (tertiary/aromatic N) is 2. The molecule has 1 aromatic carbocycles. The van der Waals surface area contributed by atoms with Crippen LogP contribution in [0.2, 0.25) is 0 Å². The molecule has 1 saturated carbocycles. The predicted octanol–water partition coefficient (Wildman–Crippen LogP) is 1.96. The number of aliphatic carboxylic acids is 1. The van der Waals surface area contributed by atoms with Gasteiger partial charge in [0.05, 0.1) is 17.2 Å². The van der Waals surface area contributed by atoms with Crippen LogP contribution in [0.25, 0.3) is 0 Å². The minimum Gasteiger partial charge on any atom is -0.480 e. The van der Waals surface area contributed by atoms with Gasteiger partial charge in [-0.2, -0.15) is 0 Å². The summed E-state index contributed by atoms with van der Waals surface area (Å²) in [7, 11) is 0.